The number of ether oxygens (including phenoxy) is 1. The summed E-state index contributed by atoms with van der Waals surface area (Å²) in [5.74, 6) is 1.89. The average Bonchev–Trinajstić information content (AvgIpc) is 3.25. The van der Waals surface area contributed by atoms with E-state index >= 15 is 0 Å². The Kier molecular flexibility index (Phi) is 3.63. The molecule has 0 unspecified atom stereocenters. The maximum atomic E-state index is 9.19. The van der Waals surface area contributed by atoms with Gasteiger partial charge in [-0.15, -0.1) is 0 Å². The molecule has 0 atom stereocenters. The minimum Gasteiger partial charge on any atom is -0.486 e. The second-order valence-corrected chi connectivity index (χ2v) is 5.42. The number of benzene rings is 1. The van der Waals surface area contributed by atoms with Gasteiger partial charge < -0.3 is 13.7 Å². The summed E-state index contributed by atoms with van der Waals surface area (Å²) in [4.78, 5) is 12.6. The van der Waals surface area contributed by atoms with Crippen molar-refractivity contribution in [1.82, 2.24) is 19.5 Å². The fourth-order valence-corrected chi connectivity index (χ4v) is 2.47. The topological polar surface area (TPSA) is 89.8 Å². The fourth-order valence-electron chi connectivity index (χ4n) is 2.47. The first-order chi connectivity index (χ1) is 12.2. The SMILES string of the molecule is Cn1ccnc1COc1ccc2oc(-c3ccncc3C#N)nc2c1. The van der Waals surface area contributed by atoms with E-state index in [4.69, 9.17) is 9.15 Å². The van der Waals surface area contributed by atoms with Crippen LogP contribution in [0.1, 0.15) is 11.4 Å². The summed E-state index contributed by atoms with van der Waals surface area (Å²) in [6.45, 7) is 0.364. The maximum Gasteiger partial charge on any atom is 0.228 e. The van der Waals surface area contributed by atoms with Crippen molar-refractivity contribution in [1.29, 1.82) is 5.26 Å². The third kappa shape index (κ3) is 2.81. The van der Waals surface area contributed by atoms with Crippen molar-refractivity contribution in [2.45, 2.75) is 6.61 Å². The Morgan fingerprint density at radius 1 is 1.28 bits per heavy atom. The molecule has 0 aliphatic carbocycles. The summed E-state index contributed by atoms with van der Waals surface area (Å²) in [6, 6.07) is 9.22. The fraction of sp³-hybridized carbons (Fsp3) is 0.111. The lowest BCUT2D eigenvalue weighted by molar-refractivity contribution is 0.292. The molecule has 0 N–H and O–H groups in total. The van der Waals surface area contributed by atoms with E-state index < -0.39 is 0 Å². The quantitative estimate of drug-likeness (QED) is 0.571. The number of aryl methyl sites for hydroxylation is 1. The van der Waals surface area contributed by atoms with Crippen LogP contribution in [0.3, 0.4) is 0 Å². The number of pyridine rings is 1. The molecule has 0 radical (unpaired) electrons. The number of nitrogens with zero attached hydrogens (tertiary/aromatic N) is 5. The Morgan fingerprint density at radius 3 is 3.00 bits per heavy atom. The number of oxazole rings is 1. The number of hydrogen-bond donors (Lipinski definition) is 0. The molecule has 25 heavy (non-hydrogen) atoms. The van der Waals surface area contributed by atoms with Crippen LogP contribution >= 0.6 is 0 Å². The van der Waals surface area contributed by atoms with Gasteiger partial charge in [0.2, 0.25) is 5.89 Å². The summed E-state index contributed by atoms with van der Waals surface area (Å²) >= 11 is 0. The second kappa shape index (κ2) is 6.09. The van der Waals surface area contributed by atoms with Gasteiger partial charge >= 0.3 is 0 Å². The first-order valence-electron chi connectivity index (χ1n) is 7.58. The van der Waals surface area contributed by atoms with E-state index in [1.165, 1.54) is 6.20 Å². The number of rotatable bonds is 4. The van der Waals surface area contributed by atoms with Crippen molar-refractivity contribution < 1.29 is 9.15 Å². The molecule has 0 amide bonds. The standard InChI is InChI=1S/C18H13N5O2/c1-23-7-6-21-17(23)11-24-13-2-3-16-15(8-13)22-18(25-16)14-4-5-20-10-12(14)9-19/h2-8,10H,11H2,1H3. The van der Waals surface area contributed by atoms with E-state index in [1.54, 1.807) is 30.6 Å². The lowest BCUT2D eigenvalue weighted by Crippen LogP contribution is -2.02. The monoisotopic (exact) mass is 331 g/mol. The Balaban J connectivity index is 1.63. The molecule has 0 aliphatic heterocycles. The van der Waals surface area contributed by atoms with Crippen molar-refractivity contribution in [2.75, 3.05) is 0 Å². The third-order valence-corrected chi connectivity index (χ3v) is 3.82. The van der Waals surface area contributed by atoms with Gasteiger partial charge in [-0.25, -0.2) is 9.97 Å². The molecule has 3 aromatic heterocycles. The molecule has 7 heteroatoms. The molecule has 3 heterocycles. The van der Waals surface area contributed by atoms with E-state index in [9.17, 15) is 5.26 Å². The van der Waals surface area contributed by atoms with Crippen LogP contribution in [0.25, 0.3) is 22.6 Å². The zero-order chi connectivity index (χ0) is 17.2. The number of nitriles is 1. The zero-order valence-electron chi connectivity index (χ0n) is 13.4. The summed E-state index contributed by atoms with van der Waals surface area (Å²) in [5, 5.41) is 9.19. The van der Waals surface area contributed by atoms with E-state index in [-0.39, 0.29) is 0 Å². The highest BCUT2D eigenvalue weighted by molar-refractivity contribution is 5.78. The summed E-state index contributed by atoms with van der Waals surface area (Å²) in [7, 11) is 1.92. The molecule has 0 saturated carbocycles. The van der Waals surface area contributed by atoms with Gasteiger partial charge in [-0.2, -0.15) is 5.26 Å². The van der Waals surface area contributed by atoms with Crippen molar-refractivity contribution in [2.24, 2.45) is 7.05 Å². The summed E-state index contributed by atoms with van der Waals surface area (Å²) < 4.78 is 13.4. The molecule has 7 nitrogen and oxygen atoms in total. The molecule has 4 rings (SSSR count). The maximum absolute atomic E-state index is 9.19. The number of imidazole rings is 1. The van der Waals surface area contributed by atoms with Crippen molar-refractivity contribution in [3.8, 4) is 23.3 Å². The van der Waals surface area contributed by atoms with Gasteiger partial charge in [0.15, 0.2) is 5.58 Å². The van der Waals surface area contributed by atoms with E-state index in [1.807, 2.05) is 23.9 Å². The molecule has 0 fully saturated rings. The lowest BCUT2D eigenvalue weighted by atomic mass is 10.1. The van der Waals surface area contributed by atoms with Crippen LogP contribution in [0.2, 0.25) is 0 Å². The summed E-state index contributed by atoms with van der Waals surface area (Å²) in [6.07, 6.45) is 6.69. The van der Waals surface area contributed by atoms with E-state index in [0.717, 1.165) is 5.82 Å². The van der Waals surface area contributed by atoms with Crippen LogP contribution in [-0.4, -0.2) is 19.5 Å². The van der Waals surface area contributed by atoms with Gasteiger partial charge in [0.25, 0.3) is 0 Å². The van der Waals surface area contributed by atoms with Gasteiger partial charge in [0.05, 0.1) is 11.1 Å². The highest BCUT2D eigenvalue weighted by Gasteiger charge is 2.13. The van der Waals surface area contributed by atoms with Crippen molar-refractivity contribution >= 4 is 11.1 Å². The molecule has 0 bridgehead atoms. The van der Waals surface area contributed by atoms with Crippen molar-refractivity contribution in [3.63, 3.8) is 0 Å². The predicted octanol–water partition coefficient (Wildman–Crippen LogP) is 3.07. The molecule has 1 aromatic carbocycles. The van der Waals surface area contributed by atoms with Crippen LogP contribution in [0, 0.1) is 11.3 Å². The third-order valence-electron chi connectivity index (χ3n) is 3.82. The largest absolute Gasteiger partial charge is 0.486 e. The average molecular weight is 331 g/mol. The highest BCUT2D eigenvalue weighted by Crippen LogP contribution is 2.28. The molecule has 122 valence electrons. The first-order valence-corrected chi connectivity index (χ1v) is 7.58. The Hall–Kier alpha value is -3.66. The number of hydrogen-bond acceptors (Lipinski definition) is 6. The van der Waals surface area contributed by atoms with Gasteiger partial charge in [0, 0.05) is 37.9 Å². The van der Waals surface area contributed by atoms with Gasteiger partial charge in [-0.1, -0.05) is 0 Å². The predicted molar refractivity (Wildman–Crippen MR) is 89.5 cm³/mol. The highest BCUT2D eigenvalue weighted by atomic mass is 16.5. The first kappa shape index (κ1) is 14.9. The molecule has 0 spiro atoms. The number of fused-ring (bicyclic) bond motifs is 1. The van der Waals surface area contributed by atoms with Crippen LogP contribution in [0.15, 0.2) is 53.5 Å². The molecular formula is C18H13N5O2. The van der Waals surface area contributed by atoms with Crippen LogP contribution in [0.5, 0.6) is 5.75 Å². The van der Waals surface area contributed by atoms with Crippen molar-refractivity contribution in [3.05, 3.63) is 60.4 Å². The lowest BCUT2D eigenvalue weighted by Gasteiger charge is -2.05. The minimum atomic E-state index is 0.364. The van der Waals surface area contributed by atoms with Gasteiger partial charge in [-0.3, -0.25) is 4.98 Å². The van der Waals surface area contributed by atoms with Crippen LogP contribution < -0.4 is 4.74 Å². The Morgan fingerprint density at radius 2 is 2.20 bits per heavy atom. The Labute approximate surface area is 143 Å². The van der Waals surface area contributed by atoms with E-state index in [0.29, 0.717) is 40.5 Å². The molecule has 4 aromatic rings. The molecule has 0 saturated heterocycles. The van der Waals surface area contributed by atoms with Crippen LogP contribution in [-0.2, 0) is 13.7 Å². The number of aromatic nitrogens is 4. The normalized spacial score (nSPS) is 10.7. The zero-order valence-corrected chi connectivity index (χ0v) is 13.4. The second-order valence-electron chi connectivity index (χ2n) is 5.42. The van der Waals surface area contributed by atoms with Gasteiger partial charge in [0.1, 0.15) is 29.8 Å². The molecular weight excluding hydrogens is 318 g/mol. The molecule has 0 aliphatic rings. The minimum absolute atomic E-state index is 0.364. The Bertz CT molecular complexity index is 1090. The smallest absolute Gasteiger partial charge is 0.228 e. The van der Waals surface area contributed by atoms with Crippen LogP contribution in [0.4, 0.5) is 0 Å². The van der Waals surface area contributed by atoms with E-state index in [2.05, 4.69) is 21.0 Å². The summed E-state index contributed by atoms with van der Waals surface area (Å²) in [5.41, 5.74) is 2.32. The van der Waals surface area contributed by atoms with Gasteiger partial charge in [-0.05, 0) is 18.2 Å².